The fraction of sp³-hybridized carbons (Fsp3) is 0.0714. The number of thioether (sulfide) groups is 1. The third-order valence-corrected chi connectivity index (χ3v) is 3.53. The minimum absolute atomic E-state index is 0.104. The molecule has 3 N–H and O–H groups in total. The monoisotopic (exact) mass is 294 g/mol. The zero-order valence-electron chi connectivity index (χ0n) is 10.4. The number of hydrogen-bond donors (Lipinski definition) is 2. The van der Waals surface area contributed by atoms with Crippen molar-refractivity contribution in [1.82, 2.24) is 0 Å². The van der Waals surface area contributed by atoms with Crippen molar-refractivity contribution in [2.45, 2.75) is 4.90 Å². The zero-order chi connectivity index (χ0) is 14.5. The first-order valence-corrected chi connectivity index (χ1v) is 6.76. The lowest BCUT2D eigenvalue weighted by molar-refractivity contribution is -0.113. The lowest BCUT2D eigenvalue weighted by atomic mass is 10.3. The SMILES string of the molecule is Nc1cc(F)ccc1SCC(=O)Nc1cccc(F)c1. The maximum absolute atomic E-state index is 13.0. The van der Waals surface area contributed by atoms with Crippen LogP contribution >= 0.6 is 11.8 Å². The van der Waals surface area contributed by atoms with E-state index in [1.54, 1.807) is 6.07 Å². The number of nitrogen functional groups attached to an aromatic ring is 1. The van der Waals surface area contributed by atoms with Crippen LogP contribution in [0.3, 0.4) is 0 Å². The third kappa shape index (κ3) is 3.96. The number of benzene rings is 2. The summed E-state index contributed by atoms with van der Waals surface area (Å²) < 4.78 is 25.8. The van der Waals surface area contributed by atoms with E-state index in [4.69, 9.17) is 5.73 Å². The fourth-order valence-electron chi connectivity index (χ4n) is 1.56. The van der Waals surface area contributed by atoms with Crippen molar-refractivity contribution >= 4 is 29.0 Å². The number of hydrogen-bond acceptors (Lipinski definition) is 3. The van der Waals surface area contributed by atoms with Crippen LogP contribution in [-0.2, 0) is 4.79 Å². The van der Waals surface area contributed by atoms with Gasteiger partial charge < -0.3 is 11.1 Å². The molecule has 0 spiro atoms. The van der Waals surface area contributed by atoms with Gasteiger partial charge in [-0.3, -0.25) is 4.79 Å². The number of nitrogens with two attached hydrogens (primary N) is 1. The van der Waals surface area contributed by atoms with Crippen LogP contribution in [0.2, 0.25) is 0 Å². The van der Waals surface area contributed by atoms with Gasteiger partial charge in [0.05, 0.1) is 5.75 Å². The molecule has 0 fully saturated rings. The topological polar surface area (TPSA) is 55.1 Å². The second-order valence-corrected chi connectivity index (χ2v) is 5.05. The van der Waals surface area contributed by atoms with E-state index in [9.17, 15) is 13.6 Å². The Bertz CT molecular complexity index is 634. The van der Waals surface area contributed by atoms with E-state index in [1.807, 2.05) is 0 Å². The first-order valence-electron chi connectivity index (χ1n) is 5.78. The normalized spacial score (nSPS) is 10.3. The first-order chi connectivity index (χ1) is 9.54. The van der Waals surface area contributed by atoms with E-state index in [0.29, 0.717) is 10.6 Å². The highest BCUT2D eigenvalue weighted by atomic mass is 32.2. The predicted octanol–water partition coefficient (Wildman–Crippen LogP) is 3.28. The van der Waals surface area contributed by atoms with Crippen molar-refractivity contribution in [3.8, 4) is 0 Å². The highest BCUT2D eigenvalue weighted by Gasteiger charge is 2.07. The molecule has 0 heterocycles. The smallest absolute Gasteiger partial charge is 0.234 e. The van der Waals surface area contributed by atoms with E-state index < -0.39 is 11.6 Å². The molecule has 0 aromatic heterocycles. The van der Waals surface area contributed by atoms with Crippen molar-refractivity contribution in [2.24, 2.45) is 0 Å². The predicted molar refractivity (Wildman–Crippen MR) is 76.6 cm³/mol. The Balaban J connectivity index is 1.92. The van der Waals surface area contributed by atoms with Crippen LogP contribution in [0.25, 0.3) is 0 Å². The number of amides is 1. The van der Waals surface area contributed by atoms with Crippen molar-refractivity contribution in [2.75, 3.05) is 16.8 Å². The molecule has 2 aromatic carbocycles. The van der Waals surface area contributed by atoms with Crippen LogP contribution in [0.4, 0.5) is 20.2 Å². The summed E-state index contributed by atoms with van der Waals surface area (Å²) in [6.07, 6.45) is 0. The lowest BCUT2D eigenvalue weighted by Gasteiger charge is -2.07. The van der Waals surface area contributed by atoms with Crippen molar-refractivity contribution in [3.63, 3.8) is 0 Å². The molecule has 104 valence electrons. The summed E-state index contributed by atoms with van der Waals surface area (Å²) in [7, 11) is 0. The molecule has 0 saturated heterocycles. The number of anilines is 2. The van der Waals surface area contributed by atoms with Crippen LogP contribution in [0, 0.1) is 11.6 Å². The highest BCUT2D eigenvalue weighted by Crippen LogP contribution is 2.25. The molecule has 1 amide bonds. The van der Waals surface area contributed by atoms with E-state index >= 15 is 0 Å². The summed E-state index contributed by atoms with van der Waals surface area (Å²) in [4.78, 5) is 12.3. The van der Waals surface area contributed by atoms with Crippen LogP contribution < -0.4 is 11.1 Å². The van der Waals surface area contributed by atoms with Gasteiger partial charge in [-0.2, -0.15) is 0 Å². The maximum Gasteiger partial charge on any atom is 0.234 e. The molecule has 0 unspecified atom stereocenters. The number of nitrogens with one attached hydrogen (secondary N) is 1. The molecule has 6 heteroatoms. The Hall–Kier alpha value is -2.08. The van der Waals surface area contributed by atoms with Crippen molar-refractivity contribution in [3.05, 3.63) is 54.1 Å². The first kappa shape index (κ1) is 14.3. The van der Waals surface area contributed by atoms with Crippen LogP contribution in [0.15, 0.2) is 47.4 Å². The summed E-state index contributed by atoms with van der Waals surface area (Å²) in [5.41, 5.74) is 6.31. The average molecular weight is 294 g/mol. The van der Waals surface area contributed by atoms with Gasteiger partial charge >= 0.3 is 0 Å². The number of rotatable bonds is 4. The molecule has 0 bridgehead atoms. The van der Waals surface area contributed by atoms with E-state index in [1.165, 1.54) is 48.2 Å². The number of halogens is 2. The molecule has 0 aliphatic heterocycles. The molecular weight excluding hydrogens is 282 g/mol. The molecule has 0 aliphatic carbocycles. The van der Waals surface area contributed by atoms with Gasteiger partial charge in [-0.05, 0) is 36.4 Å². The van der Waals surface area contributed by atoms with E-state index in [-0.39, 0.29) is 17.3 Å². The van der Waals surface area contributed by atoms with Gasteiger partial charge in [0.1, 0.15) is 11.6 Å². The molecular formula is C14H12F2N2OS. The summed E-state index contributed by atoms with van der Waals surface area (Å²) in [5.74, 6) is -1.02. The molecule has 2 aromatic rings. The van der Waals surface area contributed by atoms with Crippen LogP contribution in [-0.4, -0.2) is 11.7 Å². The second kappa shape index (κ2) is 6.38. The molecule has 0 atom stereocenters. The van der Waals surface area contributed by atoms with Gasteiger partial charge in [-0.1, -0.05) is 6.07 Å². The van der Waals surface area contributed by atoms with Gasteiger partial charge in [0.2, 0.25) is 5.91 Å². The van der Waals surface area contributed by atoms with Crippen LogP contribution in [0.5, 0.6) is 0 Å². The van der Waals surface area contributed by atoms with Gasteiger partial charge in [-0.25, -0.2) is 8.78 Å². The molecule has 20 heavy (non-hydrogen) atoms. The molecule has 2 rings (SSSR count). The zero-order valence-corrected chi connectivity index (χ0v) is 11.2. The number of carbonyl (C=O) groups excluding carboxylic acids is 1. The quantitative estimate of drug-likeness (QED) is 0.672. The minimum Gasteiger partial charge on any atom is -0.398 e. The summed E-state index contributed by atoms with van der Waals surface area (Å²) in [5, 5.41) is 2.57. The fourth-order valence-corrected chi connectivity index (χ4v) is 2.31. The van der Waals surface area contributed by atoms with E-state index in [2.05, 4.69) is 5.32 Å². The molecule has 0 aliphatic rings. The minimum atomic E-state index is -0.420. The van der Waals surface area contributed by atoms with E-state index in [0.717, 1.165) is 0 Å². The lowest BCUT2D eigenvalue weighted by Crippen LogP contribution is -2.14. The van der Waals surface area contributed by atoms with Crippen LogP contribution in [0.1, 0.15) is 0 Å². The Morgan fingerprint density at radius 3 is 2.60 bits per heavy atom. The molecule has 3 nitrogen and oxygen atoms in total. The van der Waals surface area contributed by atoms with Gasteiger partial charge in [-0.15, -0.1) is 11.8 Å². The summed E-state index contributed by atoms with van der Waals surface area (Å²) >= 11 is 1.19. The summed E-state index contributed by atoms with van der Waals surface area (Å²) in [6, 6.07) is 9.63. The number of carbonyl (C=O) groups is 1. The van der Waals surface area contributed by atoms with Gasteiger partial charge in [0.15, 0.2) is 0 Å². The second-order valence-electron chi connectivity index (χ2n) is 4.03. The van der Waals surface area contributed by atoms with Crippen molar-refractivity contribution in [1.29, 1.82) is 0 Å². The highest BCUT2D eigenvalue weighted by molar-refractivity contribution is 8.00. The Kier molecular flexibility index (Phi) is 4.57. The van der Waals surface area contributed by atoms with Crippen molar-refractivity contribution < 1.29 is 13.6 Å². The molecule has 0 saturated carbocycles. The average Bonchev–Trinajstić information content (AvgIpc) is 2.37. The Labute approximate surface area is 119 Å². The van der Waals surface area contributed by atoms with Gasteiger partial charge in [0, 0.05) is 16.3 Å². The third-order valence-electron chi connectivity index (χ3n) is 2.44. The Morgan fingerprint density at radius 1 is 1.15 bits per heavy atom. The Morgan fingerprint density at radius 2 is 1.90 bits per heavy atom. The summed E-state index contributed by atoms with van der Waals surface area (Å²) in [6.45, 7) is 0. The maximum atomic E-state index is 13.0. The standard InChI is InChI=1S/C14H12F2N2OS/c15-9-2-1-3-11(6-9)18-14(19)8-20-13-5-4-10(16)7-12(13)17/h1-7H,8,17H2,(H,18,19). The van der Waals surface area contributed by atoms with Gasteiger partial charge in [0.25, 0.3) is 0 Å². The largest absolute Gasteiger partial charge is 0.398 e. The molecule has 0 radical (unpaired) electrons.